The lowest BCUT2D eigenvalue weighted by molar-refractivity contribution is -0.121. The quantitative estimate of drug-likeness (QED) is 0.895. The molecule has 0 heterocycles. The van der Waals surface area contributed by atoms with Gasteiger partial charge in [-0.1, -0.05) is 48.9 Å². The Morgan fingerprint density at radius 3 is 2.74 bits per heavy atom. The van der Waals surface area contributed by atoms with E-state index in [0.29, 0.717) is 18.4 Å². The summed E-state index contributed by atoms with van der Waals surface area (Å²) in [5.41, 5.74) is 1.13. The standard InChI is InChI=1S/C21H25NO/c1-14(20-12-15-9-10-18(20)11-15)22-21(23)13-17-7-4-6-16-5-2-3-8-19(16)17/h2-8,14-15,18,20H,9-13H2,1H3,(H,22,23). The number of amides is 1. The van der Waals surface area contributed by atoms with Gasteiger partial charge in [-0.25, -0.2) is 0 Å². The molecule has 0 aromatic heterocycles. The highest BCUT2D eigenvalue weighted by Gasteiger charge is 2.42. The van der Waals surface area contributed by atoms with Crippen molar-refractivity contribution in [3.05, 3.63) is 48.0 Å². The molecule has 2 aliphatic carbocycles. The van der Waals surface area contributed by atoms with Gasteiger partial charge in [-0.2, -0.15) is 0 Å². The molecule has 2 bridgehead atoms. The van der Waals surface area contributed by atoms with Crippen LogP contribution in [0.2, 0.25) is 0 Å². The molecule has 2 aromatic carbocycles. The molecule has 4 unspecified atom stereocenters. The molecule has 0 spiro atoms. The lowest BCUT2D eigenvalue weighted by Gasteiger charge is -2.28. The van der Waals surface area contributed by atoms with Crippen LogP contribution in [0.15, 0.2) is 42.5 Å². The summed E-state index contributed by atoms with van der Waals surface area (Å²) in [6.07, 6.45) is 5.98. The molecule has 2 nitrogen and oxygen atoms in total. The Hall–Kier alpha value is -1.83. The Morgan fingerprint density at radius 1 is 1.13 bits per heavy atom. The SMILES string of the molecule is CC(NC(=O)Cc1cccc2ccccc12)C1CC2CCC1C2. The summed E-state index contributed by atoms with van der Waals surface area (Å²) in [6.45, 7) is 2.20. The maximum Gasteiger partial charge on any atom is 0.224 e. The molecule has 0 radical (unpaired) electrons. The summed E-state index contributed by atoms with van der Waals surface area (Å²) in [6, 6.07) is 14.8. The minimum atomic E-state index is 0.164. The molecule has 4 rings (SSSR count). The van der Waals surface area contributed by atoms with Crippen molar-refractivity contribution in [2.24, 2.45) is 17.8 Å². The molecule has 0 aliphatic heterocycles. The summed E-state index contributed by atoms with van der Waals surface area (Å²) in [5, 5.41) is 5.68. The second-order valence-corrected chi connectivity index (χ2v) is 7.51. The fourth-order valence-corrected chi connectivity index (χ4v) is 4.94. The summed E-state index contributed by atoms with van der Waals surface area (Å²) < 4.78 is 0. The van der Waals surface area contributed by atoms with Crippen molar-refractivity contribution in [2.45, 2.75) is 45.1 Å². The molecule has 2 aromatic rings. The number of hydrogen-bond acceptors (Lipinski definition) is 1. The van der Waals surface area contributed by atoms with Crippen LogP contribution in [0.3, 0.4) is 0 Å². The van der Waals surface area contributed by atoms with E-state index in [1.807, 2.05) is 18.2 Å². The number of benzene rings is 2. The van der Waals surface area contributed by atoms with Crippen LogP contribution in [0.25, 0.3) is 10.8 Å². The van der Waals surface area contributed by atoms with Crippen LogP contribution in [0, 0.1) is 17.8 Å². The average molecular weight is 307 g/mol. The van der Waals surface area contributed by atoms with Crippen LogP contribution in [-0.2, 0) is 11.2 Å². The fourth-order valence-electron chi connectivity index (χ4n) is 4.94. The van der Waals surface area contributed by atoms with Crippen molar-refractivity contribution >= 4 is 16.7 Å². The highest BCUT2D eigenvalue weighted by molar-refractivity contribution is 5.90. The molecule has 4 atom stereocenters. The number of hydrogen-bond donors (Lipinski definition) is 1. The molecule has 2 saturated carbocycles. The number of rotatable bonds is 4. The summed E-state index contributed by atoms with van der Waals surface area (Å²) >= 11 is 0. The van der Waals surface area contributed by atoms with E-state index >= 15 is 0 Å². The average Bonchev–Trinajstić information content (AvgIpc) is 3.18. The smallest absolute Gasteiger partial charge is 0.224 e. The van der Waals surface area contributed by atoms with Gasteiger partial charge in [0.2, 0.25) is 5.91 Å². The van der Waals surface area contributed by atoms with E-state index in [9.17, 15) is 4.79 Å². The molecular formula is C21H25NO. The van der Waals surface area contributed by atoms with Crippen molar-refractivity contribution in [1.82, 2.24) is 5.32 Å². The van der Waals surface area contributed by atoms with E-state index < -0.39 is 0 Å². The van der Waals surface area contributed by atoms with Gasteiger partial charge in [-0.15, -0.1) is 0 Å². The summed E-state index contributed by atoms with van der Waals surface area (Å²) in [5.74, 6) is 2.65. The first-order valence-electron chi connectivity index (χ1n) is 8.96. The lowest BCUT2D eigenvalue weighted by atomic mass is 9.84. The third kappa shape index (κ3) is 2.87. The van der Waals surface area contributed by atoms with Gasteiger partial charge in [-0.05, 0) is 60.3 Å². The van der Waals surface area contributed by atoms with Crippen LogP contribution in [0.1, 0.15) is 38.2 Å². The Labute approximate surface area is 138 Å². The predicted molar refractivity (Wildman–Crippen MR) is 94.2 cm³/mol. The Bertz CT molecular complexity index is 717. The third-order valence-corrected chi connectivity index (χ3v) is 6.05. The molecule has 1 amide bonds. The highest BCUT2D eigenvalue weighted by Crippen LogP contribution is 2.49. The van der Waals surface area contributed by atoms with Crippen molar-refractivity contribution in [1.29, 1.82) is 0 Å². The maximum absolute atomic E-state index is 12.5. The first kappa shape index (κ1) is 14.7. The maximum atomic E-state index is 12.5. The van der Waals surface area contributed by atoms with Crippen LogP contribution in [-0.4, -0.2) is 11.9 Å². The third-order valence-electron chi connectivity index (χ3n) is 6.05. The van der Waals surface area contributed by atoms with Crippen LogP contribution >= 0.6 is 0 Å². The zero-order chi connectivity index (χ0) is 15.8. The highest BCUT2D eigenvalue weighted by atomic mass is 16.1. The van der Waals surface area contributed by atoms with Gasteiger partial charge in [0.15, 0.2) is 0 Å². The molecule has 1 N–H and O–H groups in total. The van der Waals surface area contributed by atoms with Gasteiger partial charge >= 0.3 is 0 Å². The van der Waals surface area contributed by atoms with Gasteiger partial charge in [0.1, 0.15) is 0 Å². The van der Waals surface area contributed by atoms with Crippen LogP contribution in [0.5, 0.6) is 0 Å². The molecule has 2 aliphatic rings. The van der Waals surface area contributed by atoms with Gasteiger partial charge in [-0.3, -0.25) is 4.79 Å². The first-order chi connectivity index (χ1) is 11.2. The van der Waals surface area contributed by atoms with Crippen molar-refractivity contribution in [3.63, 3.8) is 0 Å². The Morgan fingerprint density at radius 2 is 1.96 bits per heavy atom. The Kier molecular flexibility index (Phi) is 3.84. The van der Waals surface area contributed by atoms with Gasteiger partial charge in [0.25, 0.3) is 0 Å². The number of fused-ring (bicyclic) bond motifs is 3. The molecule has 0 saturated heterocycles. The summed E-state index contributed by atoms with van der Waals surface area (Å²) in [4.78, 5) is 12.5. The van der Waals surface area contributed by atoms with Crippen molar-refractivity contribution < 1.29 is 4.79 Å². The summed E-state index contributed by atoms with van der Waals surface area (Å²) in [7, 11) is 0. The largest absolute Gasteiger partial charge is 0.353 e. The topological polar surface area (TPSA) is 29.1 Å². The first-order valence-corrected chi connectivity index (χ1v) is 8.96. The van der Waals surface area contributed by atoms with Crippen LogP contribution < -0.4 is 5.32 Å². The Balaban J connectivity index is 1.43. The molecule has 2 fully saturated rings. The number of carbonyl (C=O) groups is 1. The molecule has 2 heteroatoms. The zero-order valence-corrected chi connectivity index (χ0v) is 13.8. The van der Waals surface area contributed by atoms with Gasteiger partial charge < -0.3 is 5.32 Å². The van der Waals surface area contributed by atoms with E-state index in [4.69, 9.17) is 0 Å². The van der Waals surface area contributed by atoms with E-state index in [1.165, 1.54) is 36.5 Å². The van der Waals surface area contributed by atoms with Crippen LogP contribution in [0.4, 0.5) is 0 Å². The minimum Gasteiger partial charge on any atom is -0.353 e. The zero-order valence-electron chi connectivity index (χ0n) is 13.8. The van der Waals surface area contributed by atoms with Gasteiger partial charge in [0.05, 0.1) is 6.42 Å². The predicted octanol–water partition coefficient (Wildman–Crippen LogP) is 4.32. The second-order valence-electron chi connectivity index (χ2n) is 7.51. The minimum absolute atomic E-state index is 0.164. The number of nitrogens with one attached hydrogen (secondary N) is 1. The number of carbonyl (C=O) groups excluding carboxylic acids is 1. The van der Waals surface area contributed by atoms with Crippen molar-refractivity contribution in [2.75, 3.05) is 0 Å². The molecule has 23 heavy (non-hydrogen) atoms. The van der Waals surface area contributed by atoms with Gasteiger partial charge in [0, 0.05) is 6.04 Å². The normalized spacial score (nSPS) is 27.3. The fraction of sp³-hybridized carbons (Fsp3) is 0.476. The van der Waals surface area contributed by atoms with E-state index in [2.05, 4.69) is 36.5 Å². The van der Waals surface area contributed by atoms with E-state index in [-0.39, 0.29) is 5.91 Å². The van der Waals surface area contributed by atoms with E-state index in [1.54, 1.807) is 0 Å². The van der Waals surface area contributed by atoms with Crippen molar-refractivity contribution in [3.8, 4) is 0 Å². The van der Waals surface area contributed by atoms with E-state index in [0.717, 1.165) is 17.4 Å². The lowest BCUT2D eigenvalue weighted by Crippen LogP contribution is -2.40. The molecule has 120 valence electrons. The molecular weight excluding hydrogens is 282 g/mol. The monoisotopic (exact) mass is 307 g/mol. The second kappa shape index (κ2) is 5.99.